The van der Waals surface area contributed by atoms with Gasteiger partial charge in [0, 0.05) is 39.3 Å². The van der Waals surface area contributed by atoms with Gasteiger partial charge in [0.15, 0.2) is 5.96 Å². The molecule has 0 atom stereocenters. The number of nitrogens with zero attached hydrogens (tertiary/aromatic N) is 4. The normalized spacial score (nSPS) is 16.3. The Balaban J connectivity index is 0.00000261. The van der Waals surface area contributed by atoms with Crippen LogP contribution >= 0.6 is 24.0 Å². The van der Waals surface area contributed by atoms with E-state index in [1.54, 1.807) is 0 Å². The minimum absolute atomic E-state index is 0. The fraction of sp³-hybridized carbons (Fsp3) is 0.600. The molecule has 27 heavy (non-hydrogen) atoms. The number of imidazole rings is 1. The van der Waals surface area contributed by atoms with E-state index in [0.717, 1.165) is 31.0 Å². The maximum absolute atomic E-state index is 4.45. The van der Waals surface area contributed by atoms with Crippen LogP contribution in [0.1, 0.15) is 32.6 Å². The van der Waals surface area contributed by atoms with E-state index in [4.69, 9.17) is 0 Å². The highest BCUT2D eigenvalue weighted by Crippen LogP contribution is 2.12. The van der Waals surface area contributed by atoms with Gasteiger partial charge in [-0.3, -0.25) is 4.99 Å². The number of aliphatic imine (C=N–C) groups is 1. The Morgan fingerprint density at radius 1 is 1.22 bits per heavy atom. The molecule has 0 aliphatic carbocycles. The maximum Gasteiger partial charge on any atom is 0.191 e. The molecule has 0 unspecified atom stereocenters. The summed E-state index contributed by atoms with van der Waals surface area (Å²) in [5.74, 6) is 0.925. The molecular weight excluding hydrogens is 451 g/mol. The minimum Gasteiger partial charge on any atom is -0.356 e. The number of benzene rings is 1. The van der Waals surface area contributed by atoms with Crippen molar-refractivity contribution in [3.63, 3.8) is 0 Å². The average Bonchev–Trinajstić information content (AvgIpc) is 3.09. The van der Waals surface area contributed by atoms with Crippen LogP contribution in [0.5, 0.6) is 0 Å². The largest absolute Gasteiger partial charge is 0.356 e. The molecule has 1 aliphatic rings. The lowest BCUT2D eigenvalue weighted by Gasteiger charge is -2.32. The van der Waals surface area contributed by atoms with Crippen molar-refractivity contribution in [2.45, 2.75) is 45.2 Å². The second-order valence-electron chi connectivity index (χ2n) is 7.04. The van der Waals surface area contributed by atoms with Crippen molar-refractivity contribution >= 4 is 41.0 Å². The first-order valence-electron chi connectivity index (χ1n) is 9.89. The number of aryl methyl sites for hydroxylation is 1. The molecule has 0 bridgehead atoms. The molecule has 0 amide bonds. The van der Waals surface area contributed by atoms with Gasteiger partial charge in [0.25, 0.3) is 0 Å². The van der Waals surface area contributed by atoms with Crippen molar-refractivity contribution in [3.8, 4) is 0 Å². The van der Waals surface area contributed by atoms with Crippen LogP contribution in [0.4, 0.5) is 0 Å². The molecule has 1 aromatic heterocycles. The lowest BCUT2D eigenvalue weighted by atomic mass is 10.1. The van der Waals surface area contributed by atoms with Gasteiger partial charge in [-0.1, -0.05) is 19.1 Å². The standard InChI is InChI=1S/C20H32N6.HI/c1-3-12-25-14-9-17(10-15-25)24-20(21-2)22-11-6-13-26-16-23-18-7-4-5-8-19(18)26;/h4-5,7-8,16-17H,3,6,9-15H2,1-2H3,(H2,21,22,24);1H. The van der Waals surface area contributed by atoms with Crippen LogP contribution in [-0.4, -0.2) is 59.7 Å². The SMILES string of the molecule is CCCN1CCC(NC(=NC)NCCCn2cnc3ccccc32)CC1.I. The molecule has 0 saturated carbocycles. The summed E-state index contributed by atoms with van der Waals surface area (Å²) < 4.78 is 2.22. The molecular formula is C20H33IN6. The van der Waals surface area contributed by atoms with E-state index in [-0.39, 0.29) is 24.0 Å². The summed E-state index contributed by atoms with van der Waals surface area (Å²) in [5.41, 5.74) is 2.26. The lowest BCUT2D eigenvalue weighted by Crippen LogP contribution is -2.48. The van der Waals surface area contributed by atoms with Gasteiger partial charge < -0.3 is 20.1 Å². The summed E-state index contributed by atoms with van der Waals surface area (Å²) >= 11 is 0. The number of para-hydroxylation sites is 2. The monoisotopic (exact) mass is 484 g/mol. The van der Waals surface area contributed by atoms with Crippen LogP contribution in [-0.2, 0) is 6.54 Å². The lowest BCUT2D eigenvalue weighted by molar-refractivity contribution is 0.206. The van der Waals surface area contributed by atoms with Crippen molar-refractivity contribution in [1.29, 1.82) is 0 Å². The van der Waals surface area contributed by atoms with Gasteiger partial charge in [-0.2, -0.15) is 0 Å². The van der Waals surface area contributed by atoms with Crippen LogP contribution in [0.3, 0.4) is 0 Å². The van der Waals surface area contributed by atoms with Gasteiger partial charge in [-0.05, 0) is 44.4 Å². The fourth-order valence-electron chi connectivity index (χ4n) is 3.65. The van der Waals surface area contributed by atoms with E-state index in [9.17, 15) is 0 Å². The van der Waals surface area contributed by atoms with Gasteiger partial charge in [0.2, 0.25) is 0 Å². The third-order valence-corrected chi connectivity index (χ3v) is 5.09. The number of piperidine rings is 1. The second kappa shape index (κ2) is 11.5. The molecule has 1 aromatic carbocycles. The van der Waals surface area contributed by atoms with Gasteiger partial charge in [0.1, 0.15) is 0 Å². The summed E-state index contributed by atoms with van der Waals surface area (Å²) in [4.78, 5) is 11.4. The number of hydrogen-bond acceptors (Lipinski definition) is 3. The number of guanidine groups is 1. The molecule has 0 radical (unpaired) electrons. The smallest absolute Gasteiger partial charge is 0.191 e. The summed E-state index contributed by atoms with van der Waals surface area (Å²) in [6, 6.07) is 8.81. The number of hydrogen-bond donors (Lipinski definition) is 2. The van der Waals surface area contributed by atoms with Crippen molar-refractivity contribution in [2.24, 2.45) is 4.99 Å². The Bertz CT molecular complexity index is 705. The van der Waals surface area contributed by atoms with E-state index in [2.05, 4.69) is 55.2 Å². The molecule has 2 N–H and O–H groups in total. The minimum atomic E-state index is 0. The van der Waals surface area contributed by atoms with Gasteiger partial charge in [-0.15, -0.1) is 24.0 Å². The van der Waals surface area contributed by atoms with E-state index in [1.807, 2.05) is 19.4 Å². The predicted octanol–water partition coefficient (Wildman–Crippen LogP) is 3.08. The van der Waals surface area contributed by atoms with Crippen LogP contribution in [0.15, 0.2) is 35.6 Å². The van der Waals surface area contributed by atoms with Crippen LogP contribution in [0.2, 0.25) is 0 Å². The van der Waals surface area contributed by atoms with E-state index >= 15 is 0 Å². The van der Waals surface area contributed by atoms with Crippen molar-refractivity contribution < 1.29 is 0 Å². The van der Waals surface area contributed by atoms with E-state index in [1.165, 1.54) is 44.4 Å². The topological polar surface area (TPSA) is 57.5 Å². The highest BCUT2D eigenvalue weighted by molar-refractivity contribution is 14.0. The number of likely N-dealkylation sites (tertiary alicyclic amines) is 1. The van der Waals surface area contributed by atoms with Gasteiger partial charge in [-0.25, -0.2) is 4.98 Å². The Hall–Kier alpha value is -1.35. The maximum atomic E-state index is 4.45. The van der Waals surface area contributed by atoms with Crippen LogP contribution in [0, 0.1) is 0 Å². The second-order valence-corrected chi connectivity index (χ2v) is 7.04. The van der Waals surface area contributed by atoms with Gasteiger partial charge >= 0.3 is 0 Å². The molecule has 3 rings (SSSR count). The third-order valence-electron chi connectivity index (χ3n) is 5.09. The average molecular weight is 484 g/mol. The Labute approximate surface area is 179 Å². The van der Waals surface area contributed by atoms with E-state index < -0.39 is 0 Å². The van der Waals surface area contributed by atoms with Crippen molar-refractivity contribution in [3.05, 3.63) is 30.6 Å². The molecule has 1 saturated heterocycles. The summed E-state index contributed by atoms with van der Waals surface area (Å²) in [6.45, 7) is 7.72. The zero-order chi connectivity index (χ0) is 18.2. The Morgan fingerprint density at radius 2 is 2.00 bits per heavy atom. The number of fused-ring (bicyclic) bond motifs is 1. The van der Waals surface area contributed by atoms with Crippen LogP contribution in [0.25, 0.3) is 11.0 Å². The zero-order valence-corrected chi connectivity index (χ0v) is 18.9. The zero-order valence-electron chi connectivity index (χ0n) is 16.5. The Kier molecular flexibility index (Phi) is 9.33. The molecule has 1 aliphatic heterocycles. The predicted molar refractivity (Wildman–Crippen MR) is 124 cm³/mol. The summed E-state index contributed by atoms with van der Waals surface area (Å²) in [7, 11) is 1.85. The quantitative estimate of drug-likeness (QED) is 0.275. The number of halogens is 1. The third kappa shape index (κ3) is 6.34. The summed E-state index contributed by atoms with van der Waals surface area (Å²) in [6.07, 6.45) is 6.61. The number of rotatable bonds is 7. The highest BCUT2D eigenvalue weighted by Gasteiger charge is 2.19. The first-order valence-corrected chi connectivity index (χ1v) is 9.89. The number of nitrogens with one attached hydrogen (secondary N) is 2. The molecule has 7 heteroatoms. The first kappa shape index (κ1) is 21.9. The molecule has 2 heterocycles. The van der Waals surface area contributed by atoms with Gasteiger partial charge in [0.05, 0.1) is 17.4 Å². The van der Waals surface area contributed by atoms with Crippen molar-refractivity contribution in [1.82, 2.24) is 25.1 Å². The molecule has 6 nitrogen and oxygen atoms in total. The molecule has 150 valence electrons. The highest BCUT2D eigenvalue weighted by atomic mass is 127. The first-order chi connectivity index (χ1) is 12.8. The summed E-state index contributed by atoms with van der Waals surface area (Å²) in [5, 5.41) is 7.04. The fourth-order valence-corrected chi connectivity index (χ4v) is 3.65. The number of aromatic nitrogens is 2. The van der Waals surface area contributed by atoms with Crippen LogP contribution < -0.4 is 10.6 Å². The van der Waals surface area contributed by atoms with E-state index in [0.29, 0.717) is 6.04 Å². The molecule has 0 spiro atoms. The molecule has 1 fully saturated rings. The Morgan fingerprint density at radius 3 is 2.74 bits per heavy atom. The van der Waals surface area contributed by atoms with Crippen molar-refractivity contribution in [2.75, 3.05) is 33.2 Å². The molecule has 2 aromatic rings.